The molecule has 0 spiro atoms. The monoisotopic (exact) mass is 795 g/mol. The third-order valence-electron chi connectivity index (χ3n) is 7.85. The van der Waals surface area contributed by atoms with Gasteiger partial charge in [-0.25, -0.2) is 4.79 Å². The highest BCUT2D eigenvalue weighted by atomic mass is 28.4. The summed E-state index contributed by atoms with van der Waals surface area (Å²) in [5, 5.41) is 5.10. The maximum Gasteiger partial charge on any atom is 0.407 e. The molecule has 0 unspecified atom stereocenters. The zero-order chi connectivity index (χ0) is 39.9. The number of ether oxygens (including phenoxy) is 10. The van der Waals surface area contributed by atoms with Crippen molar-refractivity contribution in [3.05, 3.63) is 60.7 Å². The van der Waals surface area contributed by atoms with E-state index in [2.05, 4.69) is 86.8 Å². The Bertz CT molecular complexity index is 1160. The van der Waals surface area contributed by atoms with Gasteiger partial charge in [0.2, 0.25) is 0 Å². The van der Waals surface area contributed by atoms with Gasteiger partial charge in [-0.15, -0.1) is 0 Å². The first-order chi connectivity index (χ1) is 26.6. The average Bonchev–Trinajstić information content (AvgIpc) is 3.15. The van der Waals surface area contributed by atoms with Gasteiger partial charge in [0, 0.05) is 6.54 Å². The number of carbonyl (C=O) groups excluding carboxylic acids is 1. The van der Waals surface area contributed by atoms with E-state index in [-0.39, 0.29) is 5.04 Å². The van der Waals surface area contributed by atoms with Crippen LogP contribution in [0.5, 0.6) is 0 Å². The molecule has 0 saturated heterocycles. The minimum Gasteiger partial charge on any atom is -0.444 e. The molecule has 2 rings (SSSR count). The molecule has 0 aliphatic heterocycles. The van der Waals surface area contributed by atoms with Crippen molar-refractivity contribution in [1.29, 1.82) is 0 Å². The predicted molar refractivity (Wildman–Crippen MR) is 215 cm³/mol. The lowest BCUT2D eigenvalue weighted by atomic mass is 10.2. The molecular formula is C41H69NO12Si. The first-order valence-corrected chi connectivity index (χ1v) is 21.4. The molecule has 13 nitrogen and oxygen atoms in total. The molecule has 0 radical (unpaired) electrons. The summed E-state index contributed by atoms with van der Waals surface area (Å²) in [6, 6.07) is 21.3. The van der Waals surface area contributed by atoms with Crippen molar-refractivity contribution in [2.45, 2.75) is 52.2 Å². The highest BCUT2D eigenvalue weighted by molar-refractivity contribution is 6.99. The van der Waals surface area contributed by atoms with Gasteiger partial charge in [0.05, 0.1) is 126 Å². The second kappa shape index (κ2) is 29.7. The molecular weight excluding hydrogens is 727 g/mol. The van der Waals surface area contributed by atoms with E-state index in [0.29, 0.717) is 132 Å². The van der Waals surface area contributed by atoms with Crippen LogP contribution in [0, 0.1) is 0 Å². The Kier molecular flexibility index (Phi) is 26.3. The van der Waals surface area contributed by atoms with Crippen LogP contribution >= 0.6 is 0 Å². The summed E-state index contributed by atoms with van der Waals surface area (Å²) >= 11 is 0. The van der Waals surface area contributed by atoms with Crippen LogP contribution < -0.4 is 15.7 Å². The molecule has 1 N–H and O–H groups in total. The normalized spacial score (nSPS) is 12.3. The Morgan fingerprint density at radius 1 is 0.455 bits per heavy atom. The van der Waals surface area contributed by atoms with Crippen molar-refractivity contribution in [3.63, 3.8) is 0 Å². The minimum atomic E-state index is -2.54. The summed E-state index contributed by atoms with van der Waals surface area (Å²) in [4.78, 5) is 11.5. The van der Waals surface area contributed by atoms with Crippen LogP contribution in [-0.2, 0) is 51.8 Å². The quantitative estimate of drug-likeness (QED) is 0.0820. The number of rotatable bonds is 33. The number of amides is 1. The second-order valence-corrected chi connectivity index (χ2v) is 18.8. The van der Waals surface area contributed by atoms with E-state index in [4.69, 9.17) is 51.8 Å². The fourth-order valence-corrected chi connectivity index (χ4v) is 9.96. The molecule has 14 heteroatoms. The number of carbonyl (C=O) groups is 1. The Morgan fingerprint density at radius 2 is 0.745 bits per heavy atom. The van der Waals surface area contributed by atoms with Crippen LogP contribution in [0.25, 0.3) is 0 Å². The Labute approximate surface area is 331 Å². The lowest BCUT2D eigenvalue weighted by Crippen LogP contribution is -2.66. The van der Waals surface area contributed by atoms with Gasteiger partial charge in [-0.1, -0.05) is 81.4 Å². The molecule has 0 heterocycles. The van der Waals surface area contributed by atoms with Gasteiger partial charge < -0.3 is 57.1 Å². The molecule has 2 aromatic carbocycles. The van der Waals surface area contributed by atoms with Gasteiger partial charge in [-0.2, -0.15) is 0 Å². The third-order valence-corrected chi connectivity index (χ3v) is 12.9. The summed E-state index contributed by atoms with van der Waals surface area (Å²) in [7, 11) is -2.54. The second-order valence-electron chi connectivity index (χ2n) is 14.5. The summed E-state index contributed by atoms with van der Waals surface area (Å²) in [6.45, 7) is 21.8. The fraction of sp³-hybridized carbons (Fsp3) is 0.683. The third kappa shape index (κ3) is 22.8. The standard InChI is InChI=1S/C41H69NO12Si/c1-40(2,3)54-39(43)42-17-18-44-19-20-45-21-22-46-23-24-47-25-26-48-27-28-49-29-30-50-31-32-51-33-34-52-35-36-53-55(41(4,5)6,37-13-9-7-10-14-37)38-15-11-8-12-16-38/h7-16H,17-36H2,1-6H3,(H,42,43). The van der Waals surface area contributed by atoms with Crippen LogP contribution in [-0.4, -0.2) is 152 Å². The molecule has 1 amide bonds. The zero-order valence-corrected chi connectivity index (χ0v) is 35.3. The van der Waals surface area contributed by atoms with Crippen molar-refractivity contribution >= 4 is 24.8 Å². The molecule has 0 aliphatic rings. The van der Waals surface area contributed by atoms with Crippen molar-refractivity contribution in [3.8, 4) is 0 Å². The minimum absolute atomic E-state index is 0.0605. The van der Waals surface area contributed by atoms with Crippen LogP contribution in [0.2, 0.25) is 5.04 Å². The maximum absolute atomic E-state index is 11.5. The Morgan fingerprint density at radius 3 is 1.04 bits per heavy atom. The molecule has 0 aromatic heterocycles. The number of hydrogen-bond acceptors (Lipinski definition) is 12. The van der Waals surface area contributed by atoms with E-state index in [0.717, 1.165) is 0 Å². The largest absolute Gasteiger partial charge is 0.444 e. The van der Waals surface area contributed by atoms with E-state index in [1.54, 1.807) is 0 Å². The SMILES string of the molecule is CC(C)(C)OC(=O)NCCOCCOCCOCCOCCOCCOCCOCCOCCOCCO[Si](c1ccccc1)(c1ccccc1)C(C)(C)C. The number of alkyl carbamates (subject to hydrolysis) is 1. The van der Waals surface area contributed by atoms with Gasteiger partial charge in [0.25, 0.3) is 8.32 Å². The number of benzene rings is 2. The van der Waals surface area contributed by atoms with Crippen LogP contribution in [0.3, 0.4) is 0 Å². The van der Waals surface area contributed by atoms with E-state index < -0.39 is 20.0 Å². The first-order valence-electron chi connectivity index (χ1n) is 19.5. The molecule has 0 saturated carbocycles. The summed E-state index contributed by atoms with van der Waals surface area (Å²) in [5.41, 5.74) is -0.514. The van der Waals surface area contributed by atoms with Gasteiger partial charge in [-0.3, -0.25) is 0 Å². The Hall–Kier alpha value is -2.47. The highest BCUT2D eigenvalue weighted by Gasteiger charge is 2.50. The van der Waals surface area contributed by atoms with E-state index in [9.17, 15) is 4.79 Å². The van der Waals surface area contributed by atoms with E-state index >= 15 is 0 Å². The lowest BCUT2D eigenvalue weighted by Gasteiger charge is -2.43. The van der Waals surface area contributed by atoms with Gasteiger partial charge in [0.15, 0.2) is 0 Å². The van der Waals surface area contributed by atoms with Gasteiger partial charge in [-0.05, 0) is 36.2 Å². The fourth-order valence-electron chi connectivity index (χ4n) is 5.42. The summed E-state index contributed by atoms with van der Waals surface area (Å²) in [5.74, 6) is 0. The lowest BCUT2D eigenvalue weighted by molar-refractivity contribution is -0.0254. The number of hydrogen-bond donors (Lipinski definition) is 1. The Balaban J connectivity index is 1.31. The molecule has 0 fully saturated rings. The number of nitrogens with one attached hydrogen (secondary N) is 1. The molecule has 55 heavy (non-hydrogen) atoms. The van der Waals surface area contributed by atoms with Crippen LogP contribution in [0.4, 0.5) is 4.79 Å². The predicted octanol–water partition coefficient (Wildman–Crippen LogP) is 4.24. The van der Waals surface area contributed by atoms with E-state index in [1.807, 2.05) is 20.8 Å². The van der Waals surface area contributed by atoms with E-state index in [1.165, 1.54) is 10.4 Å². The summed E-state index contributed by atoms with van der Waals surface area (Å²) < 4.78 is 62.0. The first kappa shape index (κ1) is 48.7. The maximum atomic E-state index is 11.5. The summed E-state index contributed by atoms with van der Waals surface area (Å²) in [6.07, 6.45) is -0.452. The molecule has 314 valence electrons. The smallest absolute Gasteiger partial charge is 0.407 e. The van der Waals surface area contributed by atoms with Gasteiger partial charge in [0.1, 0.15) is 5.60 Å². The highest BCUT2D eigenvalue weighted by Crippen LogP contribution is 2.36. The van der Waals surface area contributed by atoms with Crippen molar-refractivity contribution in [2.75, 3.05) is 132 Å². The molecule has 0 aliphatic carbocycles. The van der Waals surface area contributed by atoms with Crippen LogP contribution in [0.1, 0.15) is 41.5 Å². The van der Waals surface area contributed by atoms with Crippen LogP contribution in [0.15, 0.2) is 60.7 Å². The van der Waals surface area contributed by atoms with Crippen molar-refractivity contribution in [1.82, 2.24) is 5.32 Å². The average molecular weight is 796 g/mol. The van der Waals surface area contributed by atoms with Crippen molar-refractivity contribution < 1.29 is 56.6 Å². The topological polar surface area (TPSA) is 131 Å². The molecule has 2 aromatic rings. The molecule has 0 bridgehead atoms. The molecule has 0 atom stereocenters. The van der Waals surface area contributed by atoms with Crippen molar-refractivity contribution in [2.24, 2.45) is 0 Å². The van der Waals surface area contributed by atoms with Gasteiger partial charge >= 0.3 is 6.09 Å². The zero-order valence-electron chi connectivity index (χ0n) is 34.3.